The van der Waals surface area contributed by atoms with Gasteiger partial charge < -0.3 is 15.8 Å². The first-order valence-electron chi connectivity index (χ1n) is 7.39. The smallest absolute Gasteiger partial charge is 0.266 e. The number of primary amides is 1. The van der Waals surface area contributed by atoms with Crippen LogP contribution in [0, 0.1) is 17.1 Å². The molecular weight excluding hydrogens is 485 g/mol. The number of carbonyl (C=O) groups is 2. The zero-order valence-corrected chi connectivity index (χ0v) is 16.8. The largest absolute Gasteiger partial charge is 0.482 e. The minimum absolute atomic E-state index is 0.215. The van der Waals surface area contributed by atoms with E-state index in [1.165, 1.54) is 30.3 Å². The van der Waals surface area contributed by atoms with Gasteiger partial charge in [0.2, 0.25) is 0 Å². The number of hydrogen-bond acceptors (Lipinski definition) is 4. The Bertz CT molecular complexity index is 954. The highest BCUT2D eigenvalue weighted by Crippen LogP contribution is 2.34. The summed E-state index contributed by atoms with van der Waals surface area (Å²) in [5, 5.41) is 11.9. The average molecular weight is 497 g/mol. The summed E-state index contributed by atoms with van der Waals surface area (Å²) in [4.78, 5) is 23.3. The second-order valence-electron chi connectivity index (χ2n) is 5.19. The summed E-state index contributed by atoms with van der Waals surface area (Å²) in [6.07, 6.45) is 1.31. The van der Waals surface area contributed by atoms with Crippen molar-refractivity contribution in [3.05, 3.63) is 62.3 Å². The summed E-state index contributed by atoms with van der Waals surface area (Å²) in [6, 6.07) is 10.2. The number of nitrogens with two attached hydrogens (primary N) is 1. The van der Waals surface area contributed by atoms with Gasteiger partial charge in [-0.25, -0.2) is 4.39 Å². The molecule has 0 aliphatic heterocycles. The summed E-state index contributed by atoms with van der Waals surface area (Å²) >= 11 is 6.61. The van der Waals surface area contributed by atoms with Crippen LogP contribution in [-0.4, -0.2) is 18.4 Å². The van der Waals surface area contributed by atoms with Gasteiger partial charge in [0.05, 0.1) is 4.47 Å². The van der Waals surface area contributed by atoms with Gasteiger partial charge in [-0.3, -0.25) is 9.59 Å². The Morgan fingerprint density at radius 2 is 1.93 bits per heavy atom. The predicted octanol–water partition coefficient (Wildman–Crippen LogP) is 3.76. The third-order valence-electron chi connectivity index (χ3n) is 3.16. The predicted molar refractivity (Wildman–Crippen MR) is 105 cm³/mol. The lowest BCUT2D eigenvalue weighted by molar-refractivity contribution is -0.120. The molecule has 27 heavy (non-hydrogen) atoms. The van der Waals surface area contributed by atoms with E-state index in [0.717, 1.165) is 0 Å². The van der Waals surface area contributed by atoms with Gasteiger partial charge in [-0.05, 0) is 58.4 Å². The molecule has 0 bridgehead atoms. The molecule has 0 aromatic heterocycles. The van der Waals surface area contributed by atoms with E-state index >= 15 is 0 Å². The molecule has 2 aromatic carbocycles. The maximum atomic E-state index is 13.0. The lowest BCUT2D eigenvalue weighted by atomic mass is 10.1. The van der Waals surface area contributed by atoms with Crippen LogP contribution in [0.2, 0.25) is 0 Å². The van der Waals surface area contributed by atoms with E-state index in [2.05, 4.69) is 37.2 Å². The number of halogens is 3. The molecule has 0 saturated heterocycles. The molecule has 0 saturated carbocycles. The van der Waals surface area contributed by atoms with Crippen LogP contribution < -0.4 is 15.8 Å². The number of benzene rings is 2. The zero-order chi connectivity index (χ0) is 20.0. The minimum atomic E-state index is -0.680. The molecule has 0 heterocycles. The van der Waals surface area contributed by atoms with Crippen LogP contribution >= 0.6 is 31.9 Å². The van der Waals surface area contributed by atoms with Crippen molar-refractivity contribution < 1.29 is 18.7 Å². The fourth-order valence-corrected chi connectivity index (χ4v) is 3.39. The lowest BCUT2D eigenvalue weighted by Gasteiger charge is -2.11. The molecule has 138 valence electrons. The van der Waals surface area contributed by atoms with Crippen molar-refractivity contribution in [1.29, 1.82) is 5.26 Å². The summed E-state index contributed by atoms with van der Waals surface area (Å²) in [7, 11) is 0. The van der Waals surface area contributed by atoms with E-state index in [-0.39, 0.29) is 17.9 Å². The lowest BCUT2D eigenvalue weighted by Crippen LogP contribution is -2.20. The molecule has 2 rings (SSSR count). The number of nitrogens with one attached hydrogen (secondary N) is 1. The molecule has 0 aliphatic rings. The van der Waals surface area contributed by atoms with Crippen molar-refractivity contribution in [1.82, 2.24) is 0 Å². The molecular formula is C18H12Br2FN3O3. The first-order valence-corrected chi connectivity index (χ1v) is 8.97. The number of carbonyl (C=O) groups excluding carboxylic acids is 2. The van der Waals surface area contributed by atoms with E-state index in [1.807, 2.05) is 6.07 Å². The van der Waals surface area contributed by atoms with Crippen LogP contribution in [0.5, 0.6) is 5.75 Å². The number of ether oxygens (including phenoxy) is 1. The Morgan fingerprint density at radius 3 is 2.52 bits per heavy atom. The number of anilines is 1. The van der Waals surface area contributed by atoms with Crippen LogP contribution in [0.1, 0.15) is 5.56 Å². The summed E-state index contributed by atoms with van der Waals surface area (Å²) in [5.41, 5.74) is 5.60. The van der Waals surface area contributed by atoms with Gasteiger partial charge in [0.25, 0.3) is 11.8 Å². The van der Waals surface area contributed by atoms with Crippen molar-refractivity contribution in [3.8, 4) is 11.8 Å². The van der Waals surface area contributed by atoms with Gasteiger partial charge in [0.15, 0.2) is 6.61 Å². The fourth-order valence-electron chi connectivity index (χ4n) is 2.02. The fraction of sp³-hybridized carbons (Fsp3) is 0.0556. The SMILES string of the molecule is N#C/C(=C\c1cc(Br)cc(Br)c1OCC(N)=O)C(=O)Nc1ccc(F)cc1. The summed E-state index contributed by atoms with van der Waals surface area (Å²) < 4.78 is 19.5. The Kier molecular flexibility index (Phi) is 7.10. The van der Waals surface area contributed by atoms with E-state index in [9.17, 15) is 19.2 Å². The third kappa shape index (κ3) is 5.91. The van der Waals surface area contributed by atoms with Crippen LogP contribution in [0.4, 0.5) is 10.1 Å². The Morgan fingerprint density at radius 1 is 1.26 bits per heavy atom. The summed E-state index contributed by atoms with van der Waals surface area (Å²) in [6.45, 7) is -0.370. The third-order valence-corrected chi connectivity index (χ3v) is 4.21. The van der Waals surface area contributed by atoms with E-state index in [4.69, 9.17) is 10.5 Å². The minimum Gasteiger partial charge on any atom is -0.482 e. The number of nitriles is 1. The molecule has 0 aliphatic carbocycles. The normalized spacial score (nSPS) is 10.8. The van der Waals surface area contributed by atoms with E-state index in [0.29, 0.717) is 20.2 Å². The summed E-state index contributed by atoms with van der Waals surface area (Å²) in [5.74, 6) is -1.55. The topological polar surface area (TPSA) is 105 Å². The highest BCUT2D eigenvalue weighted by Gasteiger charge is 2.15. The highest BCUT2D eigenvalue weighted by molar-refractivity contribution is 9.11. The van der Waals surface area contributed by atoms with Gasteiger partial charge in [-0.2, -0.15) is 5.26 Å². The van der Waals surface area contributed by atoms with Crippen molar-refractivity contribution in [2.75, 3.05) is 11.9 Å². The van der Waals surface area contributed by atoms with Gasteiger partial charge in [0.1, 0.15) is 23.2 Å². The van der Waals surface area contributed by atoms with Gasteiger partial charge in [-0.15, -0.1) is 0 Å². The molecule has 3 N–H and O–H groups in total. The molecule has 6 nitrogen and oxygen atoms in total. The van der Waals surface area contributed by atoms with Crippen molar-refractivity contribution >= 4 is 55.4 Å². The Balaban J connectivity index is 2.35. The van der Waals surface area contributed by atoms with Gasteiger partial charge in [-0.1, -0.05) is 15.9 Å². The number of amides is 2. The first kappa shape index (κ1) is 20.6. The van der Waals surface area contributed by atoms with Crippen LogP contribution in [0.3, 0.4) is 0 Å². The quantitative estimate of drug-likeness (QED) is 0.469. The molecule has 0 unspecified atom stereocenters. The standard InChI is InChI=1S/C18H12Br2FN3O3/c19-12-6-10(17(15(20)7-12)27-9-16(23)25)5-11(8-22)18(26)24-14-3-1-13(21)2-4-14/h1-7H,9H2,(H2,23,25)(H,24,26)/b11-5+. The molecule has 0 spiro atoms. The van der Waals surface area contributed by atoms with E-state index in [1.54, 1.807) is 12.1 Å². The van der Waals surface area contributed by atoms with Crippen LogP contribution in [-0.2, 0) is 9.59 Å². The van der Waals surface area contributed by atoms with Gasteiger partial charge >= 0.3 is 0 Å². The maximum absolute atomic E-state index is 13.0. The molecule has 0 atom stereocenters. The molecule has 2 amide bonds. The molecule has 0 radical (unpaired) electrons. The van der Waals surface area contributed by atoms with Crippen molar-refractivity contribution in [2.45, 2.75) is 0 Å². The average Bonchev–Trinajstić information content (AvgIpc) is 2.60. The number of rotatable bonds is 6. The molecule has 0 fully saturated rings. The van der Waals surface area contributed by atoms with Crippen molar-refractivity contribution in [3.63, 3.8) is 0 Å². The van der Waals surface area contributed by atoms with E-state index < -0.39 is 17.6 Å². The second-order valence-corrected chi connectivity index (χ2v) is 6.96. The molecule has 2 aromatic rings. The number of hydrogen-bond donors (Lipinski definition) is 2. The van der Waals surface area contributed by atoms with Crippen molar-refractivity contribution in [2.24, 2.45) is 5.73 Å². The molecule has 9 heteroatoms. The van der Waals surface area contributed by atoms with Crippen LogP contribution in [0.15, 0.2) is 50.9 Å². The Hall–Kier alpha value is -2.70. The monoisotopic (exact) mass is 495 g/mol. The highest BCUT2D eigenvalue weighted by atomic mass is 79.9. The first-order chi connectivity index (χ1) is 12.8. The van der Waals surface area contributed by atoms with Crippen LogP contribution in [0.25, 0.3) is 6.08 Å². The number of nitrogens with zero attached hydrogens (tertiary/aromatic N) is 1. The maximum Gasteiger partial charge on any atom is 0.266 e. The zero-order valence-electron chi connectivity index (χ0n) is 13.6. The Labute approximate surface area is 171 Å². The van der Waals surface area contributed by atoms with Gasteiger partial charge in [0, 0.05) is 15.7 Å². The second kappa shape index (κ2) is 9.30.